The number of imidazole rings is 1. The second kappa shape index (κ2) is 13.6. The van der Waals surface area contributed by atoms with Gasteiger partial charge in [0.2, 0.25) is 0 Å². The number of halogens is 3. The van der Waals surface area contributed by atoms with E-state index in [9.17, 15) is 0 Å². The van der Waals surface area contributed by atoms with E-state index in [-0.39, 0.29) is 48.7 Å². The molecule has 1 aromatic heterocycles. The molecule has 204 valence electrons. The summed E-state index contributed by atoms with van der Waals surface area (Å²) in [7, 11) is 0. The first-order valence-corrected chi connectivity index (χ1v) is 12.7. The van der Waals surface area contributed by atoms with Crippen LogP contribution >= 0.6 is 37.2 Å². The minimum absolute atomic E-state index is 0. The van der Waals surface area contributed by atoms with Crippen LogP contribution in [0.2, 0.25) is 0 Å². The molecule has 2 heterocycles. The number of nitrogens with one attached hydrogen (secondary N) is 2. The number of H-pyrrole nitrogens is 1. The van der Waals surface area contributed by atoms with Gasteiger partial charge in [0.1, 0.15) is 5.82 Å². The van der Waals surface area contributed by atoms with Crippen molar-refractivity contribution in [2.45, 2.75) is 39.2 Å². The monoisotopic (exact) mass is 572 g/mol. The lowest BCUT2D eigenvalue weighted by Crippen LogP contribution is -2.56. The lowest BCUT2D eigenvalue weighted by molar-refractivity contribution is 0.0673. The Labute approximate surface area is 245 Å². The Kier molecular flexibility index (Phi) is 11.4. The van der Waals surface area contributed by atoms with Gasteiger partial charge in [-0.1, -0.05) is 90.0 Å². The van der Waals surface area contributed by atoms with Crippen LogP contribution in [0.15, 0.2) is 78.9 Å². The molecule has 1 atom stereocenters. The van der Waals surface area contributed by atoms with Crippen LogP contribution in [0.3, 0.4) is 0 Å². The quantitative estimate of drug-likeness (QED) is 0.256. The first kappa shape index (κ1) is 31.9. The van der Waals surface area contributed by atoms with Crippen molar-refractivity contribution in [2.24, 2.45) is 0 Å². The molecule has 1 aliphatic heterocycles. The Morgan fingerprint density at radius 2 is 1.24 bits per heavy atom. The highest BCUT2D eigenvalue weighted by molar-refractivity contribution is 5.86. The smallest absolute Gasteiger partial charge is 0.137 e. The summed E-state index contributed by atoms with van der Waals surface area (Å²) in [5, 5.41) is 3.55. The minimum Gasteiger partial charge on any atom is -0.342 e. The molecule has 4 nitrogen and oxygen atoms in total. The molecule has 5 rings (SSSR count). The molecule has 0 aliphatic carbocycles. The van der Waals surface area contributed by atoms with Gasteiger partial charge in [0.05, 0.1) is 11.2 Å². The number of benzene rings is 3. The van der Waals surface area contributed by atoms with E-state index in [2.05, 4.69) is 122 Å². The Morgan fingerprint density at radius 1 is 0.737 bits per heavy atom. The van der Waals surface area contributed by atoms with E-state index in [0.717, 1.165) is 49.0 Å². The number of rotatable bonds is 6. The van der Waals surface area contributed by atoms with Crippen molar-refractivity contribution in [3.8, 4) is 11.4 Å². The van der Waals surface area contributed by atoms with E-state index in [1.807, 2.05) is 0 Å². The maximum atomic E-state index is 5.32. The number of aryl methyl sites for hydroxylation is 3. The summed E-state index contributed by atoms with van der Waals surface area (Å²) in [4.78, 5) is 11.6. The van der Waals surface area contributed by atoms with Crippen LogP contribution in [0.1, 0.15) is 46.5 Å². The minimum atomic E-state index is -0.333. The van der Waals surface area contributed by atoms with Crippen molar-refractivity contribution in [1.29, 1.82) is 0 Å². The number of aromatic nitrogens is 2. The number of piperazine rings is 1. The first-order valence-electron chi connectivity index (χ1n) is 12.7. The van der Waals surface area contributed by atoms with Crippen molar-refractivity contribution in [3.05, 3.63) is 113 Å². The van der Waals surface area contributed by atoms with Crippen LogP contribution in [0, 0.1) is 20.8 Å². The van der Waals surface area contributed by atoms with Gasteiger partial charge in [-0.05, 0) is 38.8 Å². The van der Waals surface area contributed by atoms with Crippen LogP contribution < -0.4 is 5.32 Å². The van der Waals surface area contributed by atoms with Crippen LogP contribution in [-0.4, -0.2) is 41.0 Å². The number of hydrogen-bond acceptors (Lipinski definition) is 3. The standard InChI is InChI=1S/C31H36N4.3ClH/c1-22-10-14-25(15-11-22)28(26-16-12-23(2)13-17-26)31(4,35-20-18-32-19-21-35)29-24(3)33-30(34-29)27-8-6-5-7-9-27;;;/h5-17,28,32H,18-21H2,1-4H3,(H,33,34);3*1H. The summed E-state index contributed by atoms with van der Waals surface area (Å²) in [6.45, 7) is 12.8. The highest BCUT2D eigenvalue weighted by Crippen LogP contribution is 2.47. The van der Waals surface area contributed by atoms with Crippen LogP contribution in [-0.2, 0) is 5.54 Å². The summed E-state index contributed by atoms with van der Waals surface area (Å²) in [5.41, 5.74) is 8.25. The summed E-state index contributed by atoms with van der Waals surface area (Å²) >= 11 is 0. The topological polar surface area (TPSA) is 44.0 Å². The number of aromatic amines is 1. The highest BCUT2D eigenvalue weighted by atomic mass is 35.5. The van der Waals surface area contributed by atoms with Crippen LogP contribution in [0.5, 0.6) is 0 Å². The van der Waals surface area contributed by atoms with Gasteiger partial charge < -0.3 is 10.3 Å². The fourth-order valence-electron chi connectivity index (χ4n) is 5.64. The SMILES string of the molecule is Cc1ccc(C(c2ccc(C)cc2)C(C)(c2nc(-c3ccccc3)[nH]c2C)N2CCNCC2)cc1.Cl.Cl.Cl. The van der Waals surface area contributed by atoms with Crippen molar-refractivity contribution in [3.63, 3.8) is 0 Å². The molecule has 38 heavy (non-hydrogen) atoms. The fraction of sp³-hybridized carbons (Fsp3) is 0.323. The Morgan fingerprint density at radius 3 is 1.74 bits per heavy atom. The normalized spacial score (nSPS) is 15.1. The molecule has 1 fully saturated rings. The van der Waals surface area contributed by atoms with E-state index in [0.29, 0.717) is 0 Å². The Bertz CT molecular complexity index is 1220. The number of hydrogen-bond donors (Lipinski definition) is 2. The van der Waals surface area contributed by atoms with E-state index in [4.69, 9.17) is 4.98 Å². The van der Waals surface area contributed by atoms with Gasteiger partial charge in [-0.2, -0.15) is 0 Å². The molecule has 4 aromatic rings. The van der Waals surface area contributed by atoms with Gasteiger partial charge >= 0.3 is 0 Å². The maximum absolute atomic E-state index is 5.32. The van der Waals surface area contributed by atoms with Gasteiger partial charge in [0.25, 0.3) is 0 Å². The second-order valence-corrected chi connectivity index (χ2v) is 10.1. The summed E-state index contributed by atoms with van der Waals surface area (Å²) in [5.74, 6) is 1.07. The van der Waals surface area contributed by atoms with Gasteiger partial charge in [-0.3, -0.25) is 4.90 Å². The third kappa shape index (κ3) is 6.27. The van der Waals surface area contributed by atoms with Crippen LogP contribution in [0.25, 0.3) is 11.4 Å². The molecule has 0 saturated carbocycles. The lowest BCUT2D eigenvalue weighted by atomic mass is 9.72. The van der Waals surface area contributed by atoms with Crippen molar-refractivity contribution in [1.82, 2.24) is 20.2 Å². The molecule has 0 amide bonds. The predicted octanol–water partition coefficient (Wildman–Crippen LogP) is 7.22. The highest BCUT2D eigenvalue weighted by Gasteiger charge is 2.46. The van der Waals surface area contributed by atoms with E-state index in [1.54, 1.807) is 0 Å². The Hall–Kier alpha value is -2.34. The van der Waals surface area contributed by atoms with E-state index < -0.39 is 0 Å². The molecule has 3 aromatic carbocycles. The molecule has 1 aliphatic rings. The molecule has 1 saturated heterocycles. The summed E-state index contributed by atoms with van der Waals surface area (Å²) in [6.07, 6.45) is 0. The third-order valence-electron chi connectivity index (χ3n) is 7.57. The molecule has 0 spiro atoms. The lowest BCUT2D eigenvalue weighted by Gasteiger charge is -2.48. The zero-order valence-electron chi connectivity index (χ0n) is 22.5. The molecule has 0 radical (unpaired) electrons. The van der Waals surface area contributed by atoms with Gasteiger partial charge in [0.15, 0.2) is 0 Å². The first-order chi connectivity index (χ1) is 17.0. The average Bonchev–Trinajstić information content (AvgIpc) is 3.29. The number of nitrogens with zero attached hydrogens (tertiary/aromatic N) is 2. The van der Waals surface area contributed by atoms with E-state index >= 15 is 0 Å². The zero-order valence-corrected chi connectivity index (χ0v) is 25.0. The molecular formula is C31H39Cl3N4. The fourth-order valence-corrected chi connectivity index (χ4v) is 5.64. The molecule has 7 heteroatoms. The average molecular weight is 574 g/mol. The van der Waals surface area contributed by atoms with Crippen molar-refractivity contribution < 1.29 is 0 Å². The second-order valence-electron chi connectivity index (χ2n) is 10.1. The van der Waals surface area contributed by atoms with Gasteiger partial charge in [-0.25, -0.2) is 4.98 Å². The predicted molar refractivity (Wildman–Crippen MR) is 167 cm³/mol. The summed E-state index contributed by atoms with van der Waals surface area (Å²) < 4.78 is 0. The molecule has 2 N–H and O–H groups in total. The van der Waals surface area contributed by atoms with Crippen molar-refractivity contribution in [2.75, 3.05) is 26.2 Å². The third-order valence-corrected chi connectivity index (χ3v) is 7.57. The molecule has 1 unspecified atom stereocenters. The van der Waals surface area contributed by atoms with Crippen molar-refractivity contribution >= 4 is 37.2 Å². The molecule has 0 bridgehead atoms. The molecular weight excluding hydrogens is 535 g/mol. The zero-order chi connectivity index (χ0) is 24.4. The largest absolute Gasteiger partial charge is 0.342 e. The van der Waals surface area contributed by atoms with Crippen LogP contribution in [0.4, 0.5) is 0 Å². The Balaban J connectivity index is 0.00000169. The van der Waals surface area contributed by atoms with Gasteiger partial charge in [-0.15, -0.1) is 37.2 Å². The van der Waals surface area contributed by atoms with E-state index in [1.165, 1.54) is 22.3 Å². The van der Waals surface area contributed by atoms with Gasteiger partial charge in [0, 0.05) is 43.4 Å². The maximum Gasteiger partial charge on any atom is 0.137 e. The summed E-state index contributed by atoms with van der Waals surface area (Å²) in [6, 6.07) is 28.6.